The van der Waals surface area contributed by atoms with E-state index in [4.69, 9.17) is 20.3 Å². The predicted octanol–water partition coefficient (Wildman–Crippen LogP) is -0.526. The normalized spacial score (nSPS) is 20.1. The number of hydrazine groups is 1. The molecular weight excluding hydrogens is 284 g/mol. The first-order chi connectivity index (χ1) is 10.8. The number of ether oxygens (including phenoxy) is 2. The lowest BCUT2D eigenvalue weighted by molar-refractivity contribution is 0.0382. The van der Waals surface area contributed by atoms with Crippen LogP contribution < -0.4 is 16.2 Å². The minimum absolute atomic E-state index is 0.661. The number of anilines is 2. The number of aromatic nitrogens is 2. The molecule has 0 radical (unpaired) electrons. The fraction of sp³-hybridized carbons (Fsp3) is 0.714. The van der Waals surface area contributed by atoms with E-state index < -0.39 is 0 Å². The van der Waals surface area contributed by atoms with E-state index in [1.807, 2.05) is 6.07 Å². The van der Waals surface area contributed by atoms with Gasteiger partial charge in [0.15, 0.2) is 0 Å². The van der Waals surface area contributed by atoms with Gasteiger partial charge in [-0.05, 0) is 0 Å². The van der Waals surface area contributed by atoms with Gasteiger partial charge >= 0.3 is 0 Å². The lowest BCUT2D eigenvalue weighted by atomic mass is 10.3. The fourth-order valence-electron chi connectivity index (χ4n) is 2.71. The van der Waals surface area contributed by atoms with Gasteiger partial charge < -0.3 is 19.8 Å². The highest BCUT2D eigenvalue weighted by Gasteiger charge is 2.16. The molecule has 2 fully saturated rings. The smallest absolute Gasteiger partial charge is 0.145 e. The Morgan fingerprint density at radius 3 is 2.41 bits per heavy atom. The molecule has 2 aliphatic rings. The maximum atomic E-state index is 5.55. The Morgan fingerprint density at radius 2 is 1.73 bits per heavy atom. The Morgan fingerprint density at radius 1 is 1.05 bits per heavy atom. The van der Waals surface area contributed by atoms with Crippen molar-refractivity contribution in [2.45, 2.75) is 6.42 Å². The summed E-state index contributed by atoms with van der Waals surface area (Å²) >= 11 is 0. The van der Waals surface area contributed by atoms with E-state index in [2.05, 4.69) is 20.2 Å². The van der Waals surface area contributed by atoms with Crippen LogP contribution in [0, 0.1) is 0 Å². The van der Waals surface area contributed by atoms with Crippen molar-refractivity contribution in [2.24, 2.45) is 5.84 Å². The van der Waals surface area contributed by atoms with Crippen molar-refractivity contribution < 1.29 is 9.47 Å². The molecule has 8 nitrogen and oxygen atoms in total. The van der Waals surface area contributed by atoms with Crippen LogP contribution in [0.25, 0.3) is 0 Å². The van der Waals surface area contributed by atoms with Gasteiger partial charge in [-0.3, -0.25) is 4.90 Å². The quantitative estimate of drug-likeness (QED) is 0.554. The molecule has 0 spiro atoms. The van der Waals surface area contributed by atoms with Gasteiger partial charge in [-0.15, -0.1) is 0 Å². The molecule has 0 aliphatic carbocycles. The first-order valence-electron chi connectivity index (χ1n) is 7.82. The molecule has 2 saturated heterocycles. The average Bonchev–Trinajstić information content (AvgIpc) is 2.61. The summed E-state index contributed by atoms with van der Waals surface area (Å²) in [5.41, 5.74) is 2.64. The Kier molecular flexibility index (Phi) is 5.38. The number of nitrogens with zero attached hydrogens (tertiary/aromatic N) is 4. The average molecular weight is 308 g/mol. The number of nitrogens with two attached hydrogens (primary N) is 1. The Bertz CT molecular complexity index is 474. The maximum absolute atomic E-state index is 5.55. The third kappa shape index (κ3) is 4.04. The van der Waals surface area contributed by atoms with Crippen molar-refractivity contribution in [2.75, 3.05) is 69.5 Å². The highest BCUT2D eigenvalue weighted by atomic mass is 16.5. The number of nitrogens with one attached hydrogen (secondary N) is 1. The van der Waals surface area contributed by atoms with Gasteiger partial charge in [0.1, 0.15) is 17.5 Å². The first-order valence-corrected chi connectivity index (χ1v) is 7.82. The minimum Gasteiger partial charge on any atom is -0.379 e. The molecule has 0 amide bonds. The zero-order valence-corrected chi connectivity index (χ0v) is 12.8. The lowest BCUT2D eigenvalue weighted by Crippen LogP contribution is -2.38. The molecule has 3 N–H and O–H groups in total. The molecular formula is C14H24N6O2. The fourth-order valence-corrected chi connectivity index (χ4v) is 2.71. The summed E-state index contributed by atoms with van der Waals surface area (Å²) in [5, 5.41) is 0. The van der Waals surface area contributed by atoms with Crippen LogP contribution in [0.15, 0.2) is 6.07 Å². The van der Waals surface area contributed by atoms with Crippen molar-refractivity contribution in [3.63, 3.8) is 0 Å². The van der Waals surface area contributed by atoms with Crippen molar-refractivity contribution >= 4 is 11.6 Å². The molecule has 0 unspecified atom stereocenters. The van der Waals surface area contributed by atoms with Crippen LogP contribution >= 0.6 is 0 Å². The molecule has 3 rings (SSSR count). The van der Waals surface area contributed by atoms with Crippen LogP contribution in [0.3, 0.4) is 0 Å². The predicted molar refractivity (Wildman–Crippen MR) is 83.8 cm³/mol. The second-order valence-electron chi connectivity index (χ2n) is 5.48. The Balaban J connectivity index is 1.66. The van der Waals surface area contributed by atoms with Gasteiger partial charge in [-0.2, -0.15) is 0 Å². The van der Waals surface area contributed by atoms with Gasteiger partial charge in [-0.25, -0.2) is 15.8 Å². The molecule has 22 heavy (non-hydrogen) atoms. The van der Waals surface area contributed by atoms with Gasteiger partial charge in [-0.1, -0.05) is 0 Å². The molecule has 3 heterocycles. The summed E-state index contributed by atoms with van der Waals surface area (Å²) in [4.78, 5) is 13.8. The zero-order chi connectivity index (χ0) is 15.2. The Hall–Kier alpha value is -1.48. The number of hydrogen-bond acceptors (Lipinski definition) is 8. The highest BCUT2D eigenvalue weighted by Crippen LogP contribution is 2.17. The van der Waals surface area contributed by atoms with E-state index in [1.54, 1.807) is 0 Å². The zero-order valence-electron chi connectivity index (χ0n) is 12.8. The number of nitrogen functional groups attached to an aromatic ring is 1. The molecule has 2 aliphatic heterocycles. The molecule has 0 bridgehead atoms. The van der Waals surface area contributed by atoms with E-state index in [-0.39, 0.29) is 0 Å². The van der Waals surface area contributed by atoms with Crippen molar-refractivity contribution in [3.8, 4) is 0 Å². The summed E-state index contributed by atoms with van der Waals surface area (Å²) in [6, 6.07) is 1.89. The largest absolute Gasteiger partial charge is 0.379 e. The van der Waals surface area contributed by atoms with Gasteiger partial charge in [0.2, 0.25) is 0 Å². The standard InChI is InChI=1S/C14H24N6O2/c15-18-13-11-14(20-5-9-22-10-6-20)17-12(16-13)1-2-19-3-7-21-8-4-19/h11H,1-10,15H2,(H,16,17,18). The van der Waals surface area contributed by atoms with E-state index in [0.717, 1.165) is 77.2 Å². The van der Waals surface area contributed by atoms with Crippen LogP contribution in [0.4, 0.5) is 11.6 Å². The van der Waals surface area contributed by atoms with Gasteiger partial charge in [0.05, 0.1) is 26.4 Å². The summed E-state index contributed by atoms with van der Waals surface area (Å²) in [6.45, 7) is 7.69. The summed E-state index contributed by atoms with van der Waals surface area (Å²) < 4.78 is 10.8. The van der Waals surface area contributed by atoms with Crippen LogP contribution in [0.1, 0.15) is 5.82 Å². The van der Waals surface area contributed by atoms with E-state index in [9.17, 15) is 0 Å². The van der Waals surface area contributed by atoms with Crippen molar-refractivity contribution in [1.29, 1.82) is 0 Å². The van der Waals surface area contributed by atoms with Gasteiger partial charge in [0.25, 0.3) is 0 Å². The maximum Gasteiger partial charge on any atom is 0.145 e. The SMILES string of the molecule is NNc1cc(N2CCOCC2)nc(CCN2CCOCC2)n1. The molecule has 1 aromatic rings. The third-order valence-electron chi connectivity index (χ3n) is 4.00. The monoisotopic (exact) mass is 308 g/mol. The second-order valence-corrected chi connectivity index (χ2v) is 5.48. The van der Waals surface area contributed by atoms with Crippen LogP contribution in [-0.2, 0) is 15.9 Å². The topological polar surface area (TPSA) is 88.8 Å². The lowest BCUT2D eigenvalue weighted by Gasteiger charge is -2.28. The molecule has 1 aromatic heterocycles. The number of hydrogen-bond donors (Lipinski definition) is 2. The van der Waals surface area contributed by atoms with Gasteiger partial charge in [0, 0.05) is 45.2 Å². The first kappa shape index (κ1) is 15.4. The number of rotatable bonds is 5. The minimum atomic E-state index is 0.661. The van der Waals surface area contributed by atoms with Crippen LogP contribution in [-0.4, -0.2) is 74.0 Å². The highest BCUT2D eigenvalue weighted by molar-refractivity contribution is 5.49. The second kappa shape index (κ2) is 7.68. The molecule has 0 atom stereocenters. The molecule has 8 heteroatoms. The van der Waals surface area contributed by atoms with Crippen molar-refractivity contribution in [3.05, 3.63) is 11.9 Å². The third-order valence-corrected chi connectivity index (χ3v) is 4.00. The molecule has 0 saturated carbocycles. The van der Waals surface area contributed by atoms with Crippen LogP contribution in [0.5, 0.6) is 0 Å². The van der Waals surface area contributed by atoms with E-state index >= 15 is 0 Å². The summed E-state index contributed by atoms with van der Waals surface area (Å²) in [5.74, 6) is 7.95. The molecule has 0 aromatic carbocycles. The number of morpholine rings is 2. The van der Waals surface area contributed by atoms with E-state index in [0.29, 0.717) is 5.82 Å². The van der Waals surface area contributed by atoms with Crippen molar-refractivity contribution in [1.82, 2.24) is 14.9 Å². The van der Waals surface area contributed by atoms with Crippen LogP contribution in [0.2, 0.25) is 0 Å². The summed E-state index contributed by atoms with van der Waals surface area (Å²) in [6.07, 6.45) is 0.812. The molecule has 122 valence electrons. The Labute approximate surface area is 130 Å². The van der Waals surface area contributed by atoms with E-state index in [1.165, 1.54) is 0 Å². The summed E-state index contributed by atoms with van der Waals surface area (Å²) in [7, 11) is 0.